The van der Waals surface area contributed by atoms with Crippen molar-refractivity contribution in [1.82, 2.24) is 24.4 Å². The third-order valence-corrected chi connectivity index (χ3v) is 9.03. The Bertz CT molecular complexity index is 1750. The number of hydrogen-bond acceptors (Lipinski definition) is 7. The van der Waals surface area contributed by atoms with Gasteiger partial charge in [-0.15, -0.1) is 0 Å². The number of hydrogen-bond donors (Lipinski definition) is 3. The number of carbonyl (C=O) groups excluding carboxylic acids is 1. The molecule has 13 heteroatoms. The number of aromatic nitrogens is 3. The van der Waals surface area contributed by atoms with E-state index in [1.807, 2.05) is 30.5 Å². The number of amides is 1. The van der Waals surface area contributed by atoms with Crippen molar-refractivity contribution >= 4 is 32.7 Å². The highest BCUT2D eigenvalue weighted by Gasteiger charge is 2.33. The molecule has 11 nitrogen and oxygen atoms in total. The van der Waals surface area contributed by atoms with Crippen molar-refractivity contribution in [3.63, 3.8) is 0 Å². The van der Waals surface area contributed by atoms with Gasteiger partial charge in [-0.1, -0.05) is 24.3 Å². The van der Waals surface area contributed by atoms with Crippen LogP contribution in [-0.2, 0) is 16.6 Å². The molecular formula is C27H29FN6O5S. The summed E-state index contributed by atoms with van der Waals surface area (Å²) in [6, 6.07) is 10.8. The number of ether oxygens (including phenoxy) is 1. The van der Waals surface area contributed by atoms with Crippen LogP contribution < -0.4 is 21.3 Å². The van der Waals surface area contributed by atoms with Gasteiger partial charge in [-0.2, -0.15) is 9.40 Å². The molecule has 0 spiro atoms. The van der Waals surface area contributed by atoms with Crippen LogP contribution in [-0.4, -0.2) is 59.3 Å². The summed E-state index contributed by atoms with van der Waals surface area (Å²) < 4.78 is 46.9. The van der Waals surface area contributed by atoms with Crippen molar-refractivity contribution in [3.8, 4) is 16.9 Å². The monoisotopic (exact) mass is 568 g/mol. The average Bonchev–Trinajstić information content (AvgIpc) is 3.61. The highest BCUT2D eigenvalue weighted by Crippen LogP contribution is 2.36. The minimum absolute atomic E-state index is 0.0113. The summed E-state index contributed by atoms with van der Waals surface area (Å²) in [6.07, 6.45) is 2.37. The number of halogens is 1. The summed E-state index contributed by atoms with van der Waals surface area (Å²) in [5.41, 5.74) is 8.46. The van der Waals surface area contributed by atoms with Crippen LogP contribution in [0.2, 0.25) is 0 Å². The highest BCUT2D eigenvalue weighted by atomic mass is 32.2. The van der Waals surface area contributed by atoms with Crippen LogP contribution in [0.3, 0.4) is 0 Å². The molecule has 1 aliphatic rings. The molecule has 1 amide bonds. The second-order valence-corrected chi connectivity index (χ2v) is 11.8. The van der Waals surface area contributed by atoms with Crippen molar-refractivity contribution < 1.29 is 22.3 Å². The van der Waals surface area contributed by atoms with Crippen molar-refractivity contribution in [3.05, 3.63) is 76.0 Å². The molecule has 0 radical (unpaired) electrons. The molecule has 2 aromatic carbocycles. The van der Waals surface area contributed by atoms with Crippen LogP contribution in [0.15, 0.2) is 53.5 Å². The van der Waals surface area contributed by atoms with E-state index >= 15 is 0 Å². The largest absolute Gasteiger partial charge is 0.496 e. The summed E-state index contributed by atoms with van der Waals surface area (Å²) in [7, 11) is -1.95. The molecule has 0 saturated carbocycles. The van der Waals surface area contributed by atoms with E-state index in [9.17, 15) is 22.4 Å². The van der Waals surface area contributed by atoms with Crippen LogP contribution in [0.5, 0.6) is 5.75 Å². The zero-order chi connectivity index (χ0) is 28.6. The Kier molecular flexibility index (Phi) is 7.34. The number of nitrogens with zero attached hydrogens (tertiary/aromatic N) is 3. The number of fused-ring (bicyclic) bond motifs is 1. The fourth-order valence-electron chi connectivity index (χ4n) is 5.05. The lowest BCUT2D eigenvalue weighted by Crippen LogP contribution is -2.30. The van der Waals surface area contributed by atoms with E-state index in [-0.39, 0.29) is 42.0 Å². The predicted octanol–water partition coefficient (Wildman–Crippen LogP) is 2.65. The van der Waals surface area contributed by atoms with E-state index in [1.165, 1.54) is 23.5 Å². The average molecular weight is 569 g/mol. The summed E-state index contributed by atoms with van der Waals surface area (Å²) in [4.78, 5) is 25.5. The minimum Gasteiger partial charge on any atom is -0.496 e. The molecule has 1 unspecified atom stereocenters. The number of methoxy groups -OCH3 is 1. The van der Waals surface area contributed by atoms with Gasteiger partial charge in [0.15, 0.2) is 5.82 Å². The molecule has 5 rings (SSSR count). The SMILES string of the molecule is CCS(=O)(=O)N1CCC(n2cc(-c3ccc(CNC(=O)c4cc(F)ccc4OC)cc3)c3c(N)n[nH]c(=O)c32)C1. The first-order valence-electron chi connectivity index (χ1n) is 12.7. The van der Waals surface area contributed by atoms with Gasteiger partial charge in [-0.25, -0.2) is 17.9 Å². The summed E-state index contributed by atoms with van der Waals surface area (Å²) >= 11 is 0. The van der Waals surface area contributed by atoms with Crippen LogP contribution in [0, 0.1) is 5.82 Å². The maximum absolute atomic E-state index is 13.7. The van der Waals surface area contributed by atoms with E-state index in [0.29, 0.717) is 29.4 Å². The molecular weight excluding hydrogens is 539 g/mol. The van der Waals surface area contributed by atoms with Crippen molar-refractivity contribution in [2.75, 3.05) is 31.7 Å². The van der Waals surface area contributed by atoms with E-state index in [4.69, 9.17) is 10.5 Å². The Morgan fingerprint density at radius 1 is 1.25 bits per heavy atom. The number of benzene rings is 2. The zero-order valence-corrected chi connectivity index (χ0v) is 22.8. The molecule has 40 heavy (non-hydrogen) atoms. The maximum atomic E-state index is 13.7. The Morgan fingerprint density at radius 3 is 2.70 bits per heavy atom. The number of rotatable bonds is 8. The first-order valence-corrected chi connectivity index (χ1v) is 14.3. The third-order valence-electron chi connectivity index (χ3n) is 7.18. The zero-order valence-electron chi connectivity index (χ0n) is 22.0. The lowest BCUT2D eigenvalue weighted by molar-refractivity contribution is 0.0947. The Balaban J connectivity index is 1.42. The number of aromatic amines is 1. The van der Waals surface area contributed by atoms with Crippen molar-refractivity contribution in [2.45, 2.75) is 25.9 Å². The van der Waals surface area contributed by atoms with Crippen molar-refractivity contribution in [2.24, 2.45) is 0 Å². The van der Waals surface area contributed by atoms with E-state index < -0.39 is 27.3 Å². The second kappa shape index (κ2) is 10.7. The van der Waals surface area contributed by atoms with Gasteiger partial charge in [0.25, 0.3) is 11.5 Å². The number of H-pyrrole nitrogens is 1. The molecule has 0 aliphatic carbocycles. The summed E-state index contributed by atoms with van der Waals surface area (Å²) in [6.45, 7) is 2.43. The number of nitrogens with one attached hydrogen (secondary N) is 2. The Morgan fingerprint density at radius 2 is 2.00 bits per heavy atom. The smallest absolute Gasteiger partial charge is 0.288 e. The van der Waals surface area contributed by atoms with Gasteiger partial charge in [0.2, 0.25) is 10.0 Å². The van der Waals surface area contributed by atoms with Crippen LogP contribution >= 0.6 is 0 Å². The maximum Gasteiger partial charge on any atom is 0.288 e. The molecule has 1 aliphatic heterocycles. The first-order chi connectivity index (χ1) is 19.1. The molecule has 210 valence electrons. The lowest BCUT2D eigenvalue weighted by atomic mass is 10.0. The van der Waals surface area contributed by atoms with Gasteiger partial charge in [-0.05, 0) is 42.7 Å². The highest BCUT2D eigenvalue weighted by molar-refractivity contribution is 7.89. The summed E-state index contributed by atoms with van der Waals surface area (Å²) in [5.74, 6) is -0.585. The number of nitrogen functional groups attached to an aromatic ring is 1. The topological polar surface area (TPSA) is 152 Å². The molecule has 3 heterocycles. The van der Waals surface area contributed by atoms with Gasteiger partial charge in [0.05, 0.1) is 23.8 Å². The fraction of sp³-hybridized carbons (Fsp3) is 0.296. The van der Waals surface area contributed by atoms with Crippen LogP contribution in [0.4, 0.5) is 10.2 Å². The number of sulfonamides is 1. The van der Waals surface area contributed by atoms with E-state index in [2.05, 4.69) is 15.5 Å². The van der Waals surface area contributed by atoms with E-state index in [1.54, 1.807) is 11.5 Å². The molecule has 1 saturated heterocycles. The van der Waals surface area contributed by atoms with E-state index in [0.717, 1.165) is 17.2 Å². The lowest BCUT2D eigenvalue weighted by Gasteiger charge is -2.16. The van der Waals surface area contributed by atoms with Crippen molar-refractivity contribution in [1.29, 1.82) is 0 Å². The normalized spacial score (nSPS) is 15.9. The predicted molar refractivity (Wildman–Crippen MR) is 149 cm³/mol. The van der Waals surface area contributed by atoms with Gasteiger partial charge in [0.1, 0.15) is 17.1 Å². The van der Waals surface area contributed by atoms with Crippen LogP contribution in [0.1, 0.15) is 35.3 Å². The van der Waals surface area contributed by atoms with Gasteiger partial charge < -0.3 is 20.4 Å². The number of anilines is 1. The molecule has 1 fully saturated rings. The van der Waals surface area contributed by atoms with Gasteiger partial charge in [-0.3, -0.25) is 9.59 Å². The fourth-order valence-corrected chi connectivity index (χ4v) is 6.20. The molecule has 4 N–H and O–H groups in total. The standard InChI is InChI=1S/C27H29FN6O5S/c1-3-40(37,38)33-11-10-19(14-33)34-15-21(23-24(34)27(36)32-31-25(23)29)17-6-4-16(5-7-17)13-30-26(35)20-12-18(28)8-9-22(20)39-2/h4-9,12,15,19H,3,10-11,13-14H2,1-2H3,(H2,29,31)(H,30,35)(H,32,36). The van der Waals surface area contributed by atoms with Gasteiger partial charge in [0, 0.05) is 37.4 Å². The summed E-state index contributed by atoms with van der Waals surface area (Å²) in [5, 5.41) is 9.63. The number of nitrogens with two attached hydrogens (primary N) is 1. The van der Waals surface area contributed by atoms with Crippen LogP contribution in [0.25, 0.3) is 22.0 Å². The second-order valence-electron chi connectivity index (χ2n) is 9.54. The Hall–Kier alpha value is -4.23. The quantitative estimate of drug-likeness (QED) is 0.295. The first kappa shape index (κ1) is 27.3. The molecule has 0 bridgehead atoms. The van der Waals surface area contributed by atoms with Gasteiger partial charge >= 0.3 is 0 Å². The Labute approximate surface area is 229 Å². The number of carbonyl (C=O) groups is 1. The minimum atomic E-state index is -3.35. The molecule has 4 aromatic rings. The third kappa shape index (κ3) is 5.05. The molecule has 1 atom stereocenters. The molecule has 2 aromatic heterocycles.